The van der Waals surface area contributed by atoms with Crippen LogP contribution < -0.4 is 9.47 Å². The standard InChI is InChI=1S/C18H17NO3/c1-11-4-6-14-12(8-11)5-7-15(19-14)18-16(20)9-13(21-2)10-17(18)22-3/h4-10,20H,1-3H3. The summed E-state index contributed by atoms with van der Waals surface area (Å²) < 4.78 is 10.5. The molecule has 1 heterocycles. The fourth-order valence-electron chi connectivity index (χ4n) is 2.50. The van der Waals surface area contributed by atoms with Crippen LogP contribution in [0.1, 0.15) is 5.56 Å². The normalized spacial score (nSPS) is 10.7. The number of hydrogen-bond donors (Lipinski definition) is 1. The number of rotatable bonds is 3. The highest BCUT2D eigenvalue weighted by atomic mass is 16.5. The monoisotopic (exact) mass is 295 g/mol. The predicted octanol–water partition coefficient (Wildman–Crippen LogP) is 3.93. The Bertz CT molecular complexity index is 843. The zero-order valence-corrected chi connectivity index (χ0v) is 12.8. The van der Waals surface area contributed by atoms with E-state index in [1.807, 2.05) is 31.2 Å². The third-order valence-electron chi connectivity index (χ3n) is 3.61. The summed E-state index contributed by atoms with van der Waals surface area (Å²) in [5.41, 5.74) is 3.28. The van der Waals surface area contributed by atoms with Gasteiger partial charge in [-0.3, -0.25) is 0 Å². The molecule has 0 spiro atoms. The van der Waals surface area contributed by atoms with E-state index in [9.17, 15) is 5.11 Å². The molecule has 0 bridgehead atoms. The molecule has 2 aromatic carbocycles. The number of fused-ring (bicyclic) bond motifs is 1. The van der Waals surface area contributed by atoms with E-state index in [0.29, 0.717) is 22.8 Å². The highest BCUT2D eigenvalue weighted by Crippen LogP contribution is 2.40. The van der Waals surface area contributed by atoms with Crippen molar-refractivity contribution in [2.75, 3.05) is 14.2 Å². The Balaban J connectivity index is 2.20. The molecule has 0 atom stereocenters. The molecule has 0 amide bonds. The molecule has 1 N–H and O–H groups in total. The molecule has 1 aromatic heterocycles. The maximum Gasteiger partial charge on any atom is 0.135 e. The van der Waals surface area contributed by atoms with Crippen LogP contribution in [-0.4, -0.2) is 24.3 Å². The first-order valence-electron chi connectivity index (χ1n) is 6.95. The van der Waals surface area contributed by atoms with Crippen molar-refractivity contribution in [3.8, 4) is 28.5 Å². The average Bonchev–Trinajstić information content (AvgIpc) is 2.53. The van der Waals surface area contributed by atoms with Crippen molar-refractivity contribution in [2.45, 2.75) is 6.92 Å². The van der Waals surface area contributed by atoms with Crippen molar-refractivity contribution in [1.29, 1.82) is 0 Å². The molecule has 0 saturated carbocycles. The zero-order valence-electron chi connectivity index (χ0n) is 12.8. The Morgan fingerprint density at radius 3 is 2.50 bits per heavy atom. The lowest BCUT2D eigenvalue weighted by molar-refractivity contribution is 0.386. The second kappa shape index (κ2) is 5.56. The lowest BCUT2D eigenvalue weighted by atomic mass is 10.1. The quantitative estimate of drug-likeness (QED) is 0.795. The Kier molecular flexibility index (Phi) is 3.59. The van der Waals surface area contributed by atoms with Crippen molar-refractivity contribution in [3.63, 3.8) is 0 Å². The van der Waals surface area contributed by atoms with E-state index in [0.717, 1.165) is 10.9 Å². The number of phenols is 1. The summed E-state index contributed by atoms with van der Waals surface area (Å²) in [5, 5.41) is 11.4. The minimum Gasteiger partial charge on any atom is -0.507 e. The average molecular weight is 295 g/mol. The van der Waals surface area contributed by atoms with Gasteiger partial charge in [-0.2, -0.15) is 0 Å². The van der Waals surface area contributed by atoms with Crippen LogP contribution in [0.25, 0.3) is 22.2 Å². The number of aromatic hydroxyl groups is 1. The van der Waals surface area contributed by atoms with E-state index in [1.165, 1.54) is 5.56 Å². The summed E-state index contributed by atoms with van der Waals surface area (Å²) >= 11 is 0. The Hall–Kier alpha value is -2.75. The maximum absolute atomic E-state index is 10.3. The van der Waals surface area contributed by atoms with Gasteiger partial charge in [0.2, 0.25) is 0 Å². The van der Waals surface area contributed by atoms with Crippen molar-refractivity contribution in [2.24, 2.45) is 0 Å². The van der Waals surface area contributed by atoms with E-state index in [-0.39, 0.29) is 5.75 Å². The molecule has 0 aliphatic heterocycles. The van der Waals surface area contributed by atoms with Gasteiger partial charge in [-0.25, -0.2) is 4.98 Å². The van der Waals surface area contributed by atoms with Crippen LogP contribution in [-0.2, 0) is 0 Å². The van der Waals surface area contributed by atoms with E-state index >= 15 is 0 Å². The first-order valence-corrected chi connectivity index (χ1v) is 6.95. The van der Waals surface area contributed by atoms with Gasteiger partial charge in [0.15, 0.2) is 0 Å². The molecule has 0 fully saturated rings. The first-order chi connectivity index (χ1) is 10.6. The smallest absolute Gasteiger partial charge is 0.135 e. The van der Waals surface area contributed by atoms with Crippen molar-refractivity contribution in [3.05, 3.63) is 48.0 Å². The number of aryl methyl sites for hydroxylation is 1. The highest BCUT2D eigenvalue weighted by molar-refractivity contribution is 5.84. The van der Waals surface area contributed by atoms with Gasteiger partial charge < -0.3 is 14.6 Å². The van der Waals surface area contributed by atoms with E-state index < -0.39 is 0 Å². The summed E-state index contributed by atoms with van der Waals surface area (Å²) in [6.45, 7) is 2.05. The molecule has 0 radical (unpaired) electrons. The molecule has 0 aliphatic rings. The molecule has 0 unspecified atom stereocenters. The van der Waals surface area contributed by atoms with Crippen LogP contribution in [0.4, 0.5) is 0 Å². The Morgan fingerprint density at radius 2 is 1.77 bits per heavy atom. The third-order valence-corrected chi connectivity index (χ3v) is 3.61. The number of ether oxygens (including phenoxy) is 2. The number of benzene rings is 2. The van der Waals surface area contributed by atoms with E-state index in [4.69, 9.17) is 9.47 Å². The van der Waals surface area contributed by atoms with Crippen LogP contribution in [0.5, 0.6) is 17.2 Å². The lowest BCUT2D eigenvalue weighted by Crippen LogP contribution is -1.93. The largest absolute Gasteiger partial charge is 0.507 e. The van der Waals surface area contributed by atoms with Crippen LogP contribution in [0.15, 0.2) is 42.5 Å². The van der Waals surface area contributed by atoms with Gasteiger partial charge >= 0.3 is 0 Å². The zero-order chi connectivity index (χ0) is 15.7. The molecular formula is C18H17NO3. The van der Waals surface area contributed by atoms with Crippen LogP contribution >= 0.6 is 0 Å². The second-order valence-electron chi connectivity index (χ2n) is 5.12. The van der Waals surface area contributed by atoms with Crippen LogP contribution in [0, 0.1) is 6.92 Å². The molecule has 22 heavy (non-hydrogen) atoms. The third kappa shape index (κ3) is 2.44. The molecule has 0 aliphatic carbocycles. The van der Waals surface area contributed by atoms with E-state index in [2.05, 4.69) is 11.1 Å². The Morgan fingerprint density at radius 1 is 0.955 bits per heavy atom. The molecule has 3 aromatic rings. The van der Waals surface area contributed by atoms with Gasteiger partial charge in [-0.15, -0.1) is 0 Å². The minimum absolute atomic E-state index is 0.0789. The molecule has 4 heteroatoms. The molecule has 4 nitrogen and oxygen atoms in total. The number of phenolic OH excluding ortho intramolecular Hbond substituents is 1. The number of hydrogen-bond acceptors (Lipinski definition) is 4. The van der Waals surface area contributed by atoms with E-state index in [1.54, 1.807) is 26.4 Å². The van der Waals surface area contributed by atoms with Crippen LogP contribution in [0.2, 0.25) is 0 Å². The van der Waals surface area contributed by atoms with Gasteiger partial charge in [0, 0.05) is 17.5 Å². The number of nitrogens with zero attached hydrogens (tertiary/aromatic N) is 1. The second-order valence-corrected chi connectivity index (χ2v) is 5.12. The van der Waals surface area contributed by atoms with Gasteiger partial charge in [-0.1, -0.05) is 17.7 Å². The van der Waals surface area contributed by atoms with Gasteiger partial charge in [0.25, 0.3) is 0 Å². The number of pyridine rings is 1. The Labute approximate surface area is 129 Å². The highest BCUT2D eigenvalue weighted by Gasteiger charge is 2.15. The molecule has 112 valence electrons. The predicted molar refractivity (Wildman–Crippen MR) is 86.7 cm³/mol. The summed E-state index contributed by atoms with van der Waals surface area (Å²) in [5.74, 6) is 1.14. The number of methoxy groups -OCH3 is 2. The van der Waals surface area contributed by atoms with Crippen molar-refractivity contribution >= 4 is 10.9 Å². The first kappa shape index (κ1) is 14.2. The van der Waals surface area contributed by atoms with Crippen molar-refractivity contribution in [1.82, 2.24) is 4.98 Å². The summed E-state index contributed by atoms with van der Waals surface area (Å²) in [4.78, 5) is 4.63. The molecule has 0 saturated heterocycles. The molecule has 3 rings (SSSR count). The van der Waals surface area contributed by atoms with Gasteiger partial charge in [0.05, 0.1) is 31.0 Å². The number of aromatic nitrogens is 1. The van der Waals surface area contributed by atoms with Crippen LogP contribution in [0.3, 0.4) is 0 Å². The minimum atomic E-state index is 0.0789. The SMILES string of the molecule is COc1cc(O)c(-c2ccc3cc(C)ccc3n2)c(OC)c1. The fraction of sp³-hybridized carbons (Fsp3) is 0.167. The maximum atomic E-state index is 10.3. The summed E-state index contributed by atoms with van der Waals surface area (Å²) in [7, 11) is 3.10. The summed E-state index contributed by atoms with van der Waals surface area (Å²) in [6, 6.07) is 13.2. The lowest BCUT2D eigenvalue weighted by Gasteiger charge is -2.12. The molecular weight excluding hydrogens is 278 g/mol. The topological polar surface area (TPSA) is 51.6 Å². The summed E-state index contributed by atoms with van der Waals surface area (Å²) in [6.07, 6.45) is 0. The van der Waals surface area contributed by atoms with Gasteiger partial charge in [0.1, 0.15) is 17.2 Å². The van der Waals surface area contributed by atoms with Crippen molar-refractivity contribution < 1.29 is 14.6 Å². The van der Waals surface area contributed by atoms with Gasteiger partial charge in [-0.05, 0) is 25.1 Å². The fourth-order valence-corrected chi connectivity index (χ4v) is 2.50.